The minimum Gasteiger partial charge on any atom is -0.508 e. The van der Waals surface area contributed by atoms with Crippen LogP contribution in [-0.4, -0.2) is 46.5 Å². The molecule has 9 nitrogen and oxygen atoms in total. The third-order valence-corrected chi connectivity index (χ3v) is 6.21. The van der Waals surface area contributed by atoms with E-state index in [0.717, 1.165) is 32.1 Å². The number of halogens is 1. The summed E-state index contributed by atoms with van der Waals surface area (Å²) in [6, 6.07) is 9.17. The van der Waals surface area contributed by atoms with E-state index in [2.05, 4.69) is 16.0 Å². The number of amides is 3. The summed E-state index contributed by atoms with van der Waals surface area (Å²) in [6.07, 6.45) is 4.59. The van der Waals surface area contributed by atoms with Gasteiger partial charge in [-0.3, -0.25) is 14.4 Å². The van der Waals surface area contributed by atoms with Crippen molar-refractivity contribution in [1.29, 1.82) is 0 Å². The number of rotatable bonds is 9. The first-order valence-electron chi connectivity index (χ1n) is 11.4. The van der Waals surface area contributed by atoms with Gasteiger partial charge in [-0.25, -0.2) is 4.79 Å². The molecule has 0 radical (unpaired) electrons. The van der Waals surface area contributed by atoms with Crippen LogP contribution in [0.25, 0.3) is 0 Å². The van der Waals surface area contributed by atoms with Crippen molar-refractivity contribution in [2.24, 2.45) is 5.92 Å². The van der Waals surface area contributed by atoms with E-state index in [1.165, 1.54) is 30.3 Å². The third kappa shape index (κ3) is 7.45. The topological polar surface area (TPSA) is 145 Å². The molecule has 1 fully saturated rings. The normalized spacial score (nSPS) is 14.5. The molecule has 0 unspecified atom stereocenters. The van der Waals surface area contributed by atoms with Crippen molar-refractivity contribution >= 4 is 35.3 Å². The molecule has 2 aromatic carbocycles. The van der Waals surface area contributed by atoms with E-state index in [9.17, 15) is 29.4 Å². The maximum Gasteiger partial charge on any atom is 0.328 e. The first-order valence-corrected chi connectivity index (χ1v) is 11.8. The minimum absolute atomic E-state index is 0.000977. The van der Waals surface area contributed by atoms with E-state index < -0.39 is 23.8 Å². The number of phenolic OH excluding ortho intramolecular Hbond substituents is 1. The molecule has 1 atom stereocenters. The van der Waals surface area contributed by atoms with Gasteiger partial charge in [0, 0.05) is 24.6 Å². The summed E-state index contributed by atoms with van der Waals surface area (Å²) < 4.78 is 0. The molecule has 1 aliphatic carbocycles. The number of hydrogen-bond donors (Lipinski definition) is 5. The summed E-state index contributed by atoms with van der Waals surface area (Å²) in [5.41, 5.74) is 0.915. The van der Waals surface area contributed by atoms with Crippen LogP contribution < -0.4 is 16.0 Å². The fourth-order valence-corrected chi connectivity index (χ4v) is 4.21. The Bertz CT molecular complexity index is 1100. The van der Waals surface area contributed by atoms with Crippen molar-refractivity contribution in [2.75, 3.05) is 6.54 Å². The Kier molecular flexibility index (Phi) is 9.08. The number of hydrogen-bond acceptors (Lipinski definition) is 5. The Labute approximate surface area is 207 Å². The van der Waals surface area contributed by atoms with E-state index in [1.807, 2.05) is 0 Å². The van der Waals surface area contributed by atoms with Gasteiger partial charge < -0.3 is 26.2 Å². The second kappa shape index (κ2) is 12.2. The number of nitrogens with one attached hydrogen (secondary N) is 3. The molecular formula is C25H28ClN3O6. The molecule has 2 aromatic rings. The molecule has 0 spiro atoms. The summed E-state index contributed by atoms with van der Waals surface area (Å²) in [4.78, 5) is 49.0. The molecule has 0 aliphatic heterocycles. The maximum atomic E-state index is 12.7. The largest absolute Gasteiger partial charge is 0.508 e. The third-order valence-electron chi connectivity index (χ3n) is 5.90. The molecule has 5 N–H and O–H groups in total. The predicted molar refractivity (Wildman–Crippen MR) is 129 cm³/mol. The Hall–Kier alpha value is -3.59. The molecular weight excluding hydrogens is 474 g/mol. The van der Waals surface area contributed by atoms with Gasteiger partial charge >= 0.3 is 5.97 Å². The Morgan fingerprint density at radius 2 is 1.71 bits per heavy atom. The number of phenols is 1. The second-order valence-corrected chi connectivity index (χ2v) is 8.90. The van der Waals surface area contributed by atoms with Gasteiger partial charge in [-0.2, -0.15) is 0 Å². The van der Waals surface area contributed by atoms with Crippen LogP contribution >= 0.6 is 11.6 Å². The zero-order valence-electron chi connectivity index (χ0n) is 19.1. The molecule has 0 bridgehead atoms. The molecule has 0 aromatic heterocycles. The zero-order chi connectivity index (χ0) is 25.4. The summed E-state index contributed by atoms with van der Waals surface area (Å²) in [5.74, 6) is -2.71. The van der Waals surface area contributed by atoms with E-state index >= 15 is 0 Å². The number of carboxylic acid groups (broad SMARTS) is 1. The molecule has 186 valence electrons. The van der Waals surface area contributed by atoms with Crippen LogP contribution in [0.4, 0.5) is 0 Å². The number of benzene rings is 2. The lowest BCUT2D eigenvalue weighted by Crippen LogP contribution is -2.49. The molecule has 1 saturated carbocycles. The van der Waals surface area contributed by atoms with Crippen molar-refractivity contribution in [2.45, 2.75) is 44.7 Å². The highest BCUT2D eigenvalue weighted by Crippen LogP contribution is 2.23. The van der Waals surface area contributed by atoms with Crippen molar-refractivity contribution < 1.29 is 29.4 Å². The van der Waals surface area contributed by atoms with Crippen molar-refractivity contribution in [3.8, 4) is 5.75 Å². The summed E-state index contributed by atoms with van der Waals surface area (Å²) >= 11 is 6.21. The van der Waals surface area contributed by atoms with Crippen LogP contribution in [0.3, 0.4) is 0 Å². The van der Waals surface area contributed by atoms with Gasteiger partial charge in [-0.15, -0.1) is 0 Å². The van der Waals surface area contributed by atoms with Gasteiger partial charge in [-0.1, -0.05) is 43.0 Å². The van der Waals surface area contributed by atoms with E-state index in [4.69, 9.17) is 11.6 Å². The maximum absolute atomic E-state index is 12.7. The van der Waals surface area contributed by atoms with Crippen LogP contribution in [0, 0.1) is 5.92 Å². The van der Waals surface area contributed by atoms with Crippen LogP contribution in [0.2, 0.25) is 5.02 Å². The first kappa shape index (κ1) is 26.0. The smallest absolute Gasteiger partial charge is 0.328 e. The van der Waals surface area contributed by atoms with Gasteiger partial charge in [0.15, 0.2) is 0 Å². The van der Waals surface area contributed by atoms with Crippen molar-refractivity contribution in [1.82, 2.24) is 16.0 Å². The number of carbonyl (C=O) groups is 4. The molecule has 3 rings (SSSR count). The summed E-state index contributed by atoms with van der Waals surface area (Å²) in [6.45, 7) is -0.0660. The Morgan fingerprint density at radius 1 is 0.971 bits per heavy atom. The average molecular weight is 502 g/mol. The van der Waals surface area contributed by atoms with Gasteiger partial charge in [0.1, 0.15) is 11.8 Å². The number of carbonyl (C=O) groups excluding carboxylic acids is 3. The van der Waals surface area contributed by atoms with Crippen LogP contribution in [0.5, 0.6) is 5.75 Å². The lowest BCUT2D eigenvalue weighted by atomic mass is 9.88. The second-order valence-electron chi connectivity index (χ2n) is 8.49. The molecule has 3 amide bonds. The van der Waals surface area contributed by atoms with Crippen molar-refractivity contribution in [3.63, 3.8) is 0 Å². The van der Waals surface area contributed by atoms with Crippen LogP contribution in [0.15, 0.2) is 42.5 Å². The van der Waals surface area contributed by atoms with Gasteiger partial charge in [0.25, 0.3) is 11.8 Å². The highest BCUT2D eigenvalue weighted by molar-refractivity contribution is 6.34. The fraction of sp³-hybridized carbons (Fsp3) is 0.360. The van der Waals surface area contributed by atoms with Gasteiger partial charge in [-0.05, 0) is 48.7 Å². The molecule has 10 heteroatoms. The van der Waals surface area contributed by atoms with E-state index in [-0.39, 0.29) is 46.8 Å². The standard InChI is InChI=1S/C25H28ClN3O6/c26-20-12-17(23(32)27-13-15-5-4-8-18(30)11-15)9-10-19(20)24(33)29-21(25(34)35)14-28-22(31)16-6-2-1-3-7-16/h4-5,8-12,16,21,30H,1-3,6-7,13-14H2,(H,27,32)(H,28,31)(H,29,33)(H,34,35)/t21-/m0/s1. The predicted octanol–water partition coefficient (Wildman–Crippen LogP) is 2.86. The van der Waals surface area contributed by atoms with E-state index in [1.54, 1.807) is 12.1 Å². The molecule has 35 heavy (non-hydrogen) atoms. The fourth-order valence-electron chi connectivity index (χ4n) is 3.94. The first-order chi connectivity index (χ1) is 16.7. The average Bonchev–Trinajstić information content (AvgIpc) is 2.85. The number of carboxylic acids is 1. The highest BCUT2D eigenvalue weighted by atomic mass is 35.5. The van der Waals surface area contributed by atoms with Crippen molar-refractivity contribution in [3.05, 3.63) is 64.2 Å². The minimum atomic E-state index is -1.34. The summed E-state index contributed by atoms with van der Waals surface area (Å²) in [7, 11) is 0. The molecule has 1 aliphatic rings. The Morgan fingerprint density at radius 3 is 2.37 bits per heavy atom. The summed E-state index contributed by atoms with van der Waals surface area (Å²) in [5, 5.41) is 26.6. The van der Waals surface area contributed by atoms with Crippen LogP contribution in [0.1, 0.15) is 58.4 Å². The lowest BCUT2D eigenvalue weighted by molar-refractivity contribution is -0.139. The Balaban J connectivity index is 1.57. The quantitative estimate of drug-likeness (QED) is 0.357. The van der Waals surface area contributed by atoms with Gasteiger partial charge in [0.05, 0.1) is 10.6 Å². The molecule has 0 saturated heterocycles. The SMILES string of the molecule is O=C(NCc1cccc(O)c1)c1ccc(C(=O)N[C@@H](CNC(=O)C2CCCCC2)C(=O)O)c(Cl)c1. The monoisotopic (exact) mass is 501 g/mol. The number of aromatic hydroxyl groups is 1. The van der Waals surface area contributed by atoms with Gasteiger partial charge in [0.2, 0.25) is 5.91 Å². The van der Waals surface area contributed by atoms with Crippen LogP contribution in [-0.2, 0) is 16.1 Å². The number of aliphatic carboxylic acids is 1. The highest BCUT2D eigenvalue weighted by Gasteiger charge is 2.26. The lowest BCUT2D eigenvalue weighted by Gasteiger charge is -2.22. The molecule has 0 heterocycles. The zero-order valence-corrected chi connectivity index (χ0v) is 19.8. The van der Waals surface area contributed by atoms with E-state index in [0.29, 0.717) is 5.56 Å².